The molecule has 2 aromatic rings. The third-order valence-corrected chi connectivity index (χ3v) is 9.35. The van der Waals surface area contributed by atoms with Crippen molar-refractivity contribution in [3.63, 3.8) is 0 Å². The number of hydrogen-bond acceptors (Lipinski definition) is 9. The molecule has 4 aliphatic rings. The number of rotatable bonds is 9. The Morgan fingerprint density at radius 2 is 1.98 bits per heavy atom. The second-order valence-electron chi connectivity index (χ2n) is 11.7. The molecular weight excluding hydrogens is 540 g/mol. The number of alkyl carbamates (subject to hydrolysis) is 1. The molecule has 1 unspecified atom stereocenters. The molecule has 6 rings (SSSR count). The van der Waals surface area contributed by atoms with E-state index in [1.165, 1.54) is 6.92 Å². The number of methoxy groups -OCH3 is 1. The van der Waals surface area contributed by atoms with E-state index in [2.05, 4.69) is 10.2 Å². The SMILES string of the molecule is COc1ccc2c3c1O[C@H]1C(OC(=O)C(CCC(C)=O)NC(=O)OCc4ccccc4)=CC[C@@]4(O)[C@@H](C2)N(C)CC[C@]314. The highest BCUT2D eigenvalue weighted by molar-refractivity contribution is 5.83. The van der Waals surface area contributed by atoms with E-state index in [1.54, 1.807) is 13.2 Å². The van der Waals surface area contributed by atoms with E-state index in [0.29, 0.717) is 24.3 Å². The standard InChI is InChI=1S/C32H36N2O8/c1-19(35)9-11-22(33-30(37)40-18-20-7-5-4-6-8-20)29(36)41-24-13-14-32(38)25-17-21-10-12-23(39-3)27-26(21)31(32,28(24)42-27)15-16-34(25)2/h4-8,10,12-13,22,25,28,38H,9,11,14-18H2,1-3H3,(H,33,37)/t22?,25-,28+,31+,32-/m1/s1. The van der Waals surface area contributed by atoms with Crippen LogP contribution in [-0.2, 0) is 37.5 Å². The molecule has 1 saturated heterocycles. The molecule has 5 atom stereocenters. The highest BCUT2D eigenvalue weighted by Crippen LogP contribution is 2.65. The summed E-state index contributed by atoms with van der Waals surface area (Å²) in [7, 11) is 3.60. The first kappa shape index (κ1) is 28.2. The molecule has 2 aliphatic heterocycles. The Morgan fingerprint density at radius 3 is 2.71 bits per heavy atom. The summed E-state index contributed by atoms with van der Waals surface area (Å²) in [6.45, 7) is 2.19. The molecule has 0 saturated carbocycles. The predicted molar refractivity (Wildman–Crippen MR) is 151 cm³/mol. The van der Waals surface area contributed by atoms with Crippen molar-refractivity contribution in [3.05, 3.63) is 71.0 Å². The van der Waals surface area contributed by atoms with E-state index >= 15 is 0 Å². The fourth-order valence-electron chi connectivity index (χ4n) is 7.28. The second-order valence-corrected chi connectivity index (χ2v) is 11.7. The lowest BCUT2D eigenvalue weighted by Crippen LogP contribution is -2.74. The monoisotopic (exact) mass is 576 g/mol. The van der Waals surface area contributed by atoms with Crippen LogP contribution in [-0.4, -0.2) is 72.3 Å². The number of likely N-dealkylation sites (tertiary alicyclic amines) is 1. The number of carbonyl (C=O) groups is 3. The van der Waals surface area contributed by atoms with Gasteiger partial charge in [0.05, 0.1) is 18.1 Å². The molecule has 2 aromatic carbocycles. The number of hydrogen-bond donors (Lipinski definition) is 2. The molecule has 0 radical (unpaired) electrons. The van der Waals surface area contributed by atoms with Crippen molar-refractivity contribution >= 4 is 17.8 Å². The van der Waals surface area contributed by atoms with Gasteiger partial charge in [-0.1, -0.05) is 36.4 Å². The van der Waals surface area contributed by atoms with Gasteiger partial charge in [-0.3, -0.25) is 0 Å². The van der Waals surface area contributed by atoms with Crippen molar-refractivity contribution in [2.24, 2.45) is 0 Å². The molecule has 0 aromatic heterocycles. The first-order valence-corrected chi connectivity index (χ1v) is 14.4. The number of ketones is 1. The van der Waals surface area contributed by atoms with Crippen molar-refractivity contribution in [3.8, 4) is 11.5 Å². The predicted octanol–water partition coefficient (Wildman–Crippen LogP) is 3.18. The van der Waals surface area contributed by atoms with Crippen LogP contribution in [0, 0.1) is 0 Å². The van der Waals surface area contributed by atoms with Gasteiger partial charge in [-0.25, -0.2) is 9.59 Å². The van der Waals surface area contributed by atoms with Crippen LogP contribution >= 0.6 is 0 Å². The molecule has 10 nitrogen and oxygen atoms in total. The molecule has 1 fully saturated rings. The van der Waals surface area contributed by atoms with Crippen molar-refractivity contribution in [1.29, 1.82) is 0 Å². The number of likely N-dealkylation sites (N-methyl/N-ethyl adjacent to an activating group) is 1. The van der Waals surface area contributed by atoms with Crippen LogP contribution in [0.1, 0.15) is 49.3 Å². The van der Waals surface area contributed by atoms with Crippen molar-refractivity contribution < 1.29 is 38.4 Å². The number of nitrogens with one attached hydrogen (secondary N) is 1. The van der Waals surface area contributed by atoms with E-state index in [-0.39, 0.29) is 43.5 Å². The minimum atomic E-state index is -1.14. The topological polar surface area (TPSA) is 124 Å². The van der Waals surface area contributed by atoms with Gasteiger partial charge in [-0.05, 0) is 63.0 Å². The van der Waals surface area contributed by atoms with Crippen molar-refractivity contribution in [2.75, 3.05) is 20.7 Å². The van der Waals surface area contributed by atoms with Crippen LogP contribution in [0.15, 0.2) is 54.3 Å². The first-order chi connectivity index (χ1) is 20.2. The number of benzene rings is 2. The summed E-state index contributed by atoms with van der Waals surface area (Å²) in [5.41, 5.74) is 0.841. The van der Waals surface area contributed by atoms with Gasteiger partial charge in [0.15, 0.2) is 17.6 Å². The zero-order valence-electron chi connectivity index (χ0n) is 24.1. The Bertz CT molecular complexity index is 1440. The molecule has 1 spiro atoms. The summed E-state index contributed by atoms with van der Waals surface area (Å²) < 4.78 is 23.5. The van der Waals surface area contributed by atoms with Gasteiger partial charge < -0.3 is 39.1 Å². The largest absolute Gasteiger partial charge is 0.493 e. The average Bonchev–Trinajstić information content (AvgIpc) is 3.34. The van der Waals surface area contributed by atoms with Crippen LogP contribution in [0.25, 0.3) is 0 Å². The summed E-state index contributed by atoms with van der Waals surface area (Å²) in [5, 5.41) is 14.9. The molecule has 222 valence electrons. The Hall–Kier alpha value is -3.89. The molecule has 1 amide bonds. The number of aliphatic hydroxyl groups is 1. The van der Waals surface area contributed by atoms with E-state index in [1.807, 2.05) is 49.5 Å². The summed E-state index contributed by atoms with van der Waals surface area (Å²) in [6, 6.07) is 11.8. The third-order valence-electron chi connectivity index (χ3n) is 9.35. The van der Waals surface area contributed by atoms with Gasteiger partial charge in [0.2, 0.25) is 0 Å². The number of nitrogens with zero attached hydrogens (tertiary/aromatic N) is 1. The summed E-state index contributed by atoms with van der Waals surface area (Å²) in [6.07, 6.45) is 1.83. The Kier molecular flexibility index (Phi) is 7.22. The molecule has 2 aliphatic carbocycles. The first-order valence-electron chi connectivity index (χ1n) is 14.4. The second kappa shape index (κ2) is 10.7. The summed E-state index contributed by atoms with van der Waals surface area (Å²) >= 11 is 0. The van der Waals surface area contributed by atoms with Gasteiger partial charge in [0, 0.05) is 24.4 Å². The van der Waals surface area contributed by atoms with Crippen LogP contribution in [0.2, 0.25) is 0 Å². The number of Topliss-reactive ketones (excluding diaryl/α,β-unsaturated/α-hetero) is 1. The fraction of sp³-hybridized carbons (Fsp3) is 0.469. The van der Waals surface area contributed by atoms with Gasteiger partial charge >= 0.3 is 12.1 Å². The molecule has 2 bridgehead atoms. The van der Waals surface area contributed by atoms with Crippen LogP contribution in [0.5, 0.6) is 11.5 Å². The zero-order chi connectivity index (χ0) is 29.6. The lowest BCUT2D eigenvalue weighted by atomic mass is 9.50. The number of esters is 1. The van der Waals surface area contributed by atoms with Gasteiger partial charge in [0.25, 0.3) is 0 Å². The Balaban J connectivity index is 1.26. The normalized spacial score (nSPS) is 27.6. The number of carbonyl (C=O) groups excluding carboxylic acids is 3. The van der Waals surface area contributed by atoms with Crippen LogP contribution < -0.4 is 14.8 Å². The van der Waals surface area contributed by atoms with Crippen LogP contribution in [0.3, 0.4) is 0 Å². The summed E-state index contributed by atoms with van der Waals surface area (Å²) in [4.78, 5) is 40.2. The van der Waals surface area contributed by atoms with Crippen molar-refractivity contribution in [1.82, 2.24) is 10.2 Å². The maximum absolute atomic E-state index is 13.6. The average molecular weight is 577 g/mol. The summed E-state index contributed by atoms with van der Waals surface area (Å²) in [5.74, 6) is 0.562. The van der Waals surface area contributed by atoms with Crippen molar-refractivity contribution in [2.45, 2.75) is 74.8 Å². The number of ether oxygens (including phenoxy) is 4. The lowest BCUT2D eigenvalue weighted by Gasteiger charge is -2.61. The van der Waals surface area contributed by atoms with E-state index in [4.69, 9.17) is 18.9 Å². The third kappa shape index (κ3) is 4.44. The molecule has 2 heterocycles. The minimum Gasteiger partial charge on any atom is -0.493 e. The molecular formula is C32H36N2O8. The van der Waals surface area contributed by atoms with Gasteiger partial charge in [0.1, 0.15) is 24.2 Å². The van der Waals surface area contributed by atoms with Crippen LogP contribution in [0.4, 0.5) is 4.79 Å². The number of piperidine rings is 1. The zero-order valence-corrected chi connectivity index (χ0v) is 24.1. The fourth-order valence-corrected chi connectivity index (χ4v) is 7.28. The maximum atomic E-state index is 13.6. The van der Waals surface area contributed by atoms with E-state index in [0.717, 1.165) is 23.2 Å². The molecule has 42 heavy (non-hydrogen) atoms. The van der Waals surface area contributed by atoms with Gasteiger partial charge in [-0.2, -0.15) is 0 Å². The quantitative estimate of drug-likeness (QED) is 0.433. The Morgan fingerprint density at radius 1 is 1.19 bits per heavy atom. The minimum absolute atomic E-state index is 0.0291. The van der Waals surface area contributed by atoms with E-state index in [9.17, 15) is 19.5 Å². The lowest BCUT2D eigenvalue weighted by molar-refractivity contribution is -0.170. The highest BCUT2D eigenvalue weighted by atomic mass is 16.6. The highest BCUT2D eigenvalue weighted by Gasteiger charge is 2.72. The number of amides is 1. The molecule has 10 heteroatoms. The van der Waals surface area contributed by atoms with Gasteiger partial charge in [-0.15, -0.1) is 0 Å². The Labute approximate surface area is 244 Å². The molecule has 2 N–H and O–H groups in total. The van der Waals surface area contributed by atoms with E-state index < -0.39 is 35.2 Å². The maximum Gasteiger partial charge on any atom is 0.408 e. The smallest absolute Gasteiger partial charge is 0.408 e.